The van der Waals surface area contributed by atoms with Gasteiger partial charge in [-0.2, -0.15) is 0 Å². The molecule has 0 unspecified atom stereocenters. The summed E-state index contributed by atoms with van der Waals surface area (Å²) in [6.45, 7) is 0.284. The first-order valence-electron chi connectivity index (χ1n) is 8.53. The molecule has 0 radical (unpaired) electrons. The lowest BCUT2D eigenvalue weighted by atomic mass is 9.87. The number of nitrogens with zero attached hydrogens (tertiary/aromatic N) is 3. The Morgan fingerprint density at radius 1 is 1.26 bits per heavy atom. The van der Waals surface area contributed by atoms with Crippen molar-refractivity contribution in [3.05, 3.63) is 64.5 Å². The largest absolute Gasteiger partial charge is 0.489 e. The molecule has 1 amide bonds. The molecule has 1 N–H and O–H groups in total. The number of carboxylic acid groups (broad SMARTS) is 1. The van der Waals surface area contributed by atoms with Crippen LogP contribution >= 0.6 is 23.2 Å². The molecule has 8 heteroatoms. The molecule has 0 bridgehead atoms. The predicted molar refractivity (Wildman–Crippen MR) is 103 cm³/mol. The van der Waals surface area contributed by atoms with Crippen LogP contribution in [-0.4, -0.2) is 37.6 Å². The van der Waals surface area contributed by atoms with Crippen LogP contribution in [-0.2, 0) is 6.54 Å². The molecule has 0 atom stereocenters. The van der Waals surface area contributed by atoms with Crippen molar-refractivity contribution < 1.29 is 14.6 Å². The van der Waals surface area contributed by atoms with Gasteiger partial charge >= 0.3 is 6.09 Å². The van der Waals surface area contributed by atoms with Gasteiger partial charge in [0.25, 0.3) is 0 Å². The molecule has 1 saturated carbocycles. The summed E-state index contributed by atoms with van der Waals surface area (Å²) in [5.41, 5.74) is 1.63. The number of halogens is 2. The Balaban J connectivity index is 1.43. The summed E-state index contributed by atoms with van der Waals surface area (Å²) in [5, 5.41) is 10.5. The van der Waals surface area contributed by atoms with Crippen LogP contribution < -0.4 is 4.74 Å². The minimum Gasteiger partial charge on any atom is -0.489 e. The van der Waals surface area contributed by atoms with Crippen LogP contribution in [0.15, 0.2) is 48.9 Å². The first-order chi connectivity index (χ1) is 13.0. The number of pyridine rings is 1. The topological polar surface area (TPSA) is 67.1 Å². The molecule has 3 aromatic rings. The van der Waals surface area contributed by atoms with Crippen molar-refractivity contribution in [2.24, 2.45) is 0 Å². The number of hydrogen-bond donors (Lipinski definition) is 1. The van der Waals surface area contributed by atoms with Gasteiger partial charge in [0, 0.05) is 43.0 Å². The molecular weight excluding hydrogens is 389 g/mol. The van der Waals surface area contributed by atoms with E-state index in [9.17, 15) is 9.90 Å². The quantitative estimate of drug-likeness (QED) is 0.665. The highest BCUT2D eigenvalue weighted by atomic mass is 35.5. The summed E-state index contributed by atoms with van der Waals surface area (Å²) >= 11 is 12.2. The number of imidazole rings is 1. The molecule has 4 rings (SSSR count). The summed E-state index contributed by atoms with van der Waals surface area (Å²) in [6, 6.07) is 8.90. The zero-order valence-electron chi connectivity index (χ0n) is 14.3. The lowest BCUT2D eigenvalue weighted by Gasteiger charge is -2.41. The molecule has 0 spiro atoms. The van der Waals surface area contributed by atoms with Crippen LogP contribution in [0.2, 0.25) is 10.0 Å². The second-order valence-electron chi connectivity index (χ2n) is 6.52. The number of benzene rings is 1. The van der Waals surface area contributed by atoms with Gasteiger partial charge in [-0.05, 0) is 18.2 Å². The maximum Gasteiger partial charge on any atom is 0.407 e. The smallest absolute Gasteiger partial charge is 0.407 e. The van der Waals surface area contributed by atoms with Crippen molar-refractivity contribution in [3.63, 3.8) is 0 Å². The van der Waals surface area contributed by atoms with Gasteiger partial charge < -0.3 is 19.1 Å². The van der Waals surface area contributed by atoms with Gasteiger partial charge in [-0.1, -0.05) is 35.3 Å². The first kappa shape index (κ1) is 17.9. The van der Waals surface area contributed by atoms with Crippen LogP contribution in [0.25, 0.3) is 5.65 Å². The molecule has 0 saturated heterocycles. The number of aromatic nitrogens is 2. The van der Waals surface area contributed by atoms with Gasteiger partial charge in [0.1, 0.15) is 22.5 Å². The van der Waals surface area contributed by atoms with Crippen molar-refractivity contribution in [3.8, 4) is 5.75 Å². The Kier molecular flexibility index (Phi) is 4.85. The van der Waals surface area contributed by atoms with Crippen LogP contribution in [0, 0.1) is 0 Å². The van der Waals surface area contributed by atoms with E-state index in [0.717, 1.165) is 11.2 Å². The fraction of sp³-hybridized carbons (Fsp3) is 0.263. The van der Waals surface area contributed by atoms with E-state index in [-0.39, 0.29) is 18.7 Å². The highest BCUT2D eigenvalue weighted by Crippen LogP contribution is 2.36. The molecule has 1 aromatic carbocycles. The van der Waals surface area contributed by atoms with Crippen LogP contribution in [0.5, 0.6) is 5.75 Å². The third-order valence-corrected chi connectivity index (χ3v) is 5.61. The van der Waals surface area contributed by atoms with Crippen molar-refractivity contribution in [2.75, 3.05) is 0 Å². The lowest BCUT2D eigenvalue weighted by molar-refractivity contribution is 0.0184. The van der Waals surface area contributed by atoms with Gasteiger partial charge in [-0.15, -0.1) is 0 Å². The molecule has 0 aliphatic heterocycles. The average molecular weight is 406 g/mol. The Hall–Kier alpha value is -2.44. The number of rotatable bonds is 5. The standard InChI is InChI=1S/C19H17Cl2N3O3/c20-15-4-1-5-16(17(15)21)27-14-9-13(10-14)24(19(25)26)11-12-3-2-7-23-8-6-22-18(12)23/h1-8,13-14H,9-11H2,(H,25,26)/t13-,14-. The van der Waals surface area contributed by atoms with Gasteiger partial charge in [0.2, 0.25) is 0 Å². The Bertz CT molecular complexity index is 985. The third kappa shape index (κ3) is 3.55. The number of ether oxygens (including phenoxy) is 1. The number of carbonyl (C=O) groups is 1. The first-order valence-corrected chi connectivity index (χ1v) is 9.29. The molecule has 2 heterocycles. The number of amides is 1. The van der Waals surface area contributed by atoms with E-state index in [1.807, 2.05) is 28.9 Å². The van der Waals surface area contributed by atoms with Crippen LogP contribution in [0.3, 0.4) is 0 Å². The predicted octanol–water partition coefficient (Wildman–Crippen LogP) is 4.73. The van der Waals surface area contributed by atoms with E-state index < -0.39 is 6.09 Å². The zero-order chi connectivity index (χ0) is 19.0. The normalized spacial score (nSPS) is 18.9. The molecule has 1 fully saturated rings. The SMILES string of the molecule is O=C(O)N(Cc1cccn2ccnc12)[C@H]1C[C@H](Oc2cccc(Cl)c2Cl)C1. The Labute approximate surface area is 165 Å². The van der Waals surface area contributed by atoms with E-state index >= 15 is 0 Å². The van der Waals surface area contributed by atoms with Crippen molar-refractivity contribution in [2.45, 2.75) is 31.5 Å². The lowest BCUT2D eigenvalue weighted by Crippen LogP contribution is -2.50. The van der Waals surface area contributed by atoms with Crippen molar-refractivity contribution >= 4 is 34.9 Å². The van der Waals surface area contributed by atoms with E-state index in [2.05, 4.69) is 4.98 Å². The van der Waals surface area contributed by atoms with E-state index in [4.69, 9.17) is 27.9 Å². The van der Waals surface area contributed by atoms with Crippen molar-refractivity contribution in [1.82, 2.24) is 14.3 Å². The zero-order valence-corrected chi connectivity index (χ0v) is 15.8. The number of hydrogen-bond acceptors (Lipinski definition) is 3. The summed E-state index contributed by atoms with van der Waals surface area (Å²) in [7, 11) is 0. The molecule has 6 nitrogen and oxygen atoms in total. The number of fused-ring (bicyclic) bond motifs is 1. The van der Waals surface area contributed by atoms with Gasteiger partial charge in [0.05, 0.1) is 11.6 Å². The summed E-state index contributed by atoms with van der Waals surface area (Å²) in [4.78, 5) is 17.6. The molecule has 140 valence electrons. The summed E-state index contributed by atoms with van der Waals surface area (Å²) < 4.78 is 7.76. The monoisotopic (exact) mass is 405 g/mol. The van der Waals surface area contributed by atoms with E-state index in [1.165, 1.54) is 4.90 Å². The maximum absolute atomic E-state index is 11.8. The van der Waals surface area contributed by atoms with Crippen LogP contribution in [0.1, 0.15) is 18.4 Å². The highest BCUT2D eigenvalue weighted by Gasteiger charge is 2.38. The minimum absolute atomic E-state index is 0.0879. The summed E-state index contributed by atoms with van der Waals surface area (Å²) in [5.74, 6) is 0.525. The van der Waals surface area contributed by atoms with Gasteiger partial charge in [0.15, 0.2) is 0 Å². The molecule has 1 aliphatic rings. The van der Waals surface area contributed by atoms with E-state index in [0.29, 0.717) is 28.6 Å². The van der Waals surface area contributed by atoms with Gasteiger partial charge in [-0.25, -0.2) is 9.78 Å². The summed E-state index contributed by atoms with van der Waals surface area (Å²) in [6.07, 6.45) is 5.60. The third-order valence-electron chi connectivity index (χ3n) is 4.81. The molecule has 27 heavy (non-hydrogen) atoms. The fourth-order valence-electron chi connectivity index (χ4n) is 3.31. The minimum atomic E-state index is -0.951. The average Bonchev–Trinajstić information content (AvgIpc) is 3.09. The molecule has 2 aromatic heterocycles. The fourth-order valence-corrected chi connectivity index (χ4v) is 3.65. The highest BCUT2D eigenvalue weighted by molar-refractivity contribution is 6.42. The second-order valence-corrected chi connectivity index (χ2v) is 7.30. The maximum atomic E-state index is 11.8. The van der Waals surface area contributed by atoms with Gasteiger partial charge in [-0.3, -0.25) is 0 Å². The second kappa shape index (κ2) is 7.29. The Morgan fingerprint density at radius 3 is 2.85 bits per heavy atom. The molecular formula is C19H17Cl2N3O3. The van der Waals surface area contributed by atoms with E-state index in [1.54, 1.807) is 24.4 Å². The van der Waals surface area contributed by atoms with Crippen molar-refractivity contribution in [1.29, 1.82) is 0 Å². The molecule has 1 aliphatic carbocycles. The van der Waals surface area contributed by atoms with Crippen LogP contribution in [0.4, 0.5) is 4.79 Å². The Morgan fingerprint density at radius 2 is 2.07 bits per heavy atom.